The molecule has 0 amide bonds. The molecule has 0 bridgehead atoms. The van der Waals surface area contributed by atoms with Gasteiger partial charge in [0.05, 0.1) is 0 Å². The van der Waals surface area contributed by atoms with Gasteiger partial charge >= 0.3 is 0 Å². The molecule has 0 unspecified atom stereocenters. The summed E-state index contributed by atoms with van der Waals surface area (Å²) in [7, 11) is 0. The highest BCUT2D eigenvalue weighted by molar-refractivity contribution is 9.10. The van der Waals surface area contributed by atoms with Gasteiger partial charge in [-0.15, -0.1) is 0 Å². The maximum Gasteiger partial charge on any atom is 0.162 e. The third-order valence-electron chi connectivity index (χ3n) is 2.50. The van der Waals surface area contributed by atoms with Crippen LogP contribution in [0.3, 0.4) is 0 Å². The fourth-order valence-corrected chi connectivity index (χ4v) is 2.46. The van der Waals surface area contributed by atoms with Crippen LogP contribution in [0.5, 0.6) is 0 Å². The van der Waals surface area contributed by atoms with Gasteiger partial charge in [0, 0.05) is 26.3 Å². The number of halogens is 3. The van der Waals surface area contributed by atoms with Crippen molar-refractivity contribution in [3.8, 4) is 11.4 Å². The molecule has 17 heavy (non-hydrogen) atoms. The predicted molar refractivity (Wildman–Crippen MR) is 74.7 cm³/mol. The van der Waals surface area contributed by atoms with Crippen LogP contribution in [0.1, 0.15) is 11.3 Å². The van der Waals surface area contributed by atoms with Gasteiger partial charge in [-0.25, -0.2) is 9.97 Å². The van der Waals surface area contributed by atoms with Crippen LogP contribution in [0.15, 0.2) is 22.7 Å². The van der Waals surface area contributed by atoms with Crippen molar-refractivity contribution in [2.24, 2.45) is 0 Å². The van der Waals surface area contributed by atoms with Gasteiger partial charge in [0.1, 0.15) is 5.15 Å². The van der Waals surface area contributed by atoms with E-state index in [1.54, 1.807) is 6.07 Å². The molecule has 0 aliphatic rings. The zero-order valence-corrected chi connectivity index (χ0v) is 12.4. The molecule has 2 rings (SSSR count). The predicted octanol–water partition coefficient (Wildman–Crippen LogP) is 4.83. The first kappa shape index (κ1) is 12.8. The summed E-state index contributed by atoms with van der Waals surface area (Å²) in [5.41, 5.74) is 2.65. The van der Waals surface area contributed by atoms with Gasteiger partial charge in [-0.1, -0.05) is 23.2 Å². The van der Waals surface area contributed by atoms with Gasteiger partial charge in [0.15, 0.2) is 5.82 Å². The summed E-state index contributed by atoms with van der Waals surface area (Å²) in [6.45, 7) is 3.81. The lowest BCUT2D eigenvalue weighted by molar-refractivity contribution is 1.07. The Bertz CT molecular complexity index is 562. The van der Waals surface area contributed by atoms with E-state index in [1.165, 1.54) is 0 Å². The van der Waals surface area contributed by atoms with E-state index in [0.29, 0.717) is 16.0 Å². The van der Waals surface area contributed by atoms with Crippen molar-refractivity contribution >= 4 is 39.1 Å². The normalized spacial score (nSPS) is 10.6. The van der Waals surface area contributed by atoms with Gasteiger partial charge in [0.2, 0.25) is 0 Å². The van der Waals surface area contributed by atoms with Gasteiger partial charge < -0.3 is 0 Å². The monoisotopic (exact) mass is 330 g/mol. The van der Waals surface area contributed by atoms with Crippen molar-refractivity contribution < 1.29 is 0 Å². The third-order valence-corrected chi connectivity index (χ3v) is 3.76. The number of aryl methyl sites for hydroxylation is 1. The van der Waals surface area contributed by atoms with Crippen LogP contribution >= 0.6 is 39.1 Å². The Labute approximate surface area is 118 Å². The SMILES string of the molecule is Cc1nc(-c2ccc(Cl)cc2Br)nc(Cl)c1C. The molecule has 2 nitrogen and oxygen atoms in total. The van der Waals surface area contributed by atoms with Crippen molar-refractivity contribution in [1.82, 2.24) is 9.97 Å². The van der Waals surface area contributed by atoms with E-state index < -0.39 is 0 Å². The molecule has 0 saturated heterocycles. The summed E-state index contributed by atoms with van der Waals surface area (Å²) < 4.78 is 0.851. The fraction of sp³-hybridized carbons (Fsp3) is 0.167. The van der Waals surface area contributed by atoms with E-state index in [9.17, 15) is 0 Å². The molecule has 1 aromatic carbocycles. The second kappa shape index (κ2) is 4.92. The molecule has 0 N–H and O–H groups in total. The van der Waals surface area contributed by atoms with Crippen LogP contribution in [-0.2, 0) is 0 Å². The van der Waals surface area contributed by atoms with Gasteiger partial charge in [-0.2, -0.15) is 0 Å². The molecular formula is C12H9BrCl2N2. The van der Waals surface area contributed by atoms with Gasteiger partial charge in [0.25, 0.3) is 0 Å². The molecule has 2 aromatic rings. The van der Waals surface area contributed by atoms with Crippen molar-refractivity contribution in [3.63, 3.8) is 0 Å². The van der Waals surface area contributed by atoms with E-state index >= 15 is 0 Å². The third kappa shape index (κ3) is 2.62. The van der Waals surface area contributed by atoms with E-state index in [2.05, 4.69) is 25.9 Å². The topological polar surface area (TPSA) is 25.8 Å². The van der Waals surface area contributed by atoms with E-state index in [-0.39, 0.29) is 0 Å². The van der Waals surface area contributed by atoms with Crippen molar-refractivity contribution in [2.75, 3.05) is 0 Å². The largest absolute Gasteiger partial charge is 0.233 e. The highest BCUT2D eigenvalue weighted by atomic mass is 79.9. The maximum absolute atomic E-state index is 6.06. The first-order chi connectivity index (χ1) is 7.99. The molecule has 88 valence electrons. The first-order valence-corrected chi connectivity index (χ1v) is 6.50. The average molecular weight is 332 g/mol. The minimum atomic E-state index is 0.481. The van der Waals surface area contributed by atoms with Crippen LogP contribution in [0, 0.1) is 13.8 Å². The summed E-state index contributed by atoms with van der Waals surface area (Å²) in [5.74, 6) is 0.599. The standard InChI is InChI=1S/C12H9BrCl2N2/c1-6-7(2)16-12(17-11(6)15)9-4-3-8(14)5-10(9)13/h3-5H,1-2H3. The Balaban J connectivity index is 2.61. The fourth-order valence-electron chi connectivity index (χ4n) is 1.39. The van der Waals surface area contributed by atoms with Gasteiger partial charge in [-0.3, -0.25) is 0 Å². The second-order valence-electron chi connectivity index (χ2n) is 3.67. The number of hydrogen-bond donors (Lipinski definition) is 0. The lowest BCUT2D eigenvalue weighted by Crippen LogP contribution is -1.97. The molecule has 0 atom stereocenters. The van der Waals surface area contributed by atoms with Crippen LogP contribution < -0.4 is 0 Å². The Kier molecular flexibility index (Phi) is 3.71. The van der Waals surface area contributed by atoms with Crippen LogP contribution in [-0.4, -0.2) is 9.97 Å². The summed E-state index contributed by atoms with van der Waals surface area (Å²) >= 11 is 15.4. The Morgan fingerprint density at radius 3 is 2.41 bits per heavy atom. The number of rotatable bonds is 1. The molecule has 0 spiro atoms. The molecule has 5 heteroatoms. The highest BCUT2D eigenvalue weighted by Gasteiger charge is 2.10. The lowest BCUT2D eigenvalue weighted by Gasteiger charge is -2.07. The van der Waals surface area contributed by atoms with E-state index in [0.717, 1.165) is 21.3 Å². The molecule has 0 aliphatic carbocycles. The van der Waals surface area contributed by atoms with E-state index in [1.807, 2.05) is 26.0 Å². The molecule has 0 radical (unpaired) electrons. The Morgan fingerprint density at radius 2 is 1.82 bits per heavy atom. The minimum absolute atomic E-state index is 0.481. The molecular weight excluding hydrogens is 323 g/mol. The number of benzene rings is 1. The van der Waals surface area contributed by atoms with Crippen molar-refractivity contribution in [2.45, 2.75) is 13.8 Å². The molecule has 1 heterocycles. The molecule has 0 fully saturated rings. The number of nitrogens with zero attached hydrogens (tertiary/aromatic N) is 2. The highest BCUT2D eigenvalue weighted by Crippen LogP contribution is 2.30. The zero-order valence-electron chi connectivity index (χ0n) is 9.26. The first-order valence-electron chi connectivity index (χ1n) is 4.95. The van der Waals surface area contributed by atoms with Crippen molar-refractivity contribution in [3.05, 3.63) is 44.1 Å². The smallest absolute Gasteiger partial charge is 0.162 e. The molecule has 1 aromatic heterocycles. The molecule has 0 aliphatic heterocycles. The summed E-state index contributed by atoms with van der Waals surface area (Å²) in [4.78, 5) is 8.70. The molecule has 0 saturated carbocycles. The van der Waals surface area contributed by atoms with E-state index in [4.69, 9.17) is 23.2 Å². The zero-order chi connectivity index (χ0) is 12.6. The average Bonchev–Trinajstić information content (AvgIpc) is 2.25. The Morgan fingerprint density at radius 1 is 1.12 bits per heavy atom. The summed E-state index contributed by atoms with van der Waals surface area (Å²) in [6.07, 6.45) is 0. The summed E-state index contributed by atoms with van der Waals surface area (Å²) in [5, 5.41) is 1.14. The minimum Gasteiger partial charge on any atom is -0.233 e. The lowest BCUT2D eigenvalue weighted by atomic mass is 10.2. The van der Waals surface area contributed by atoms with Crippen LogP contribution in [0.4, 0.5) is 0 Å². The number of aromatic nitrogens is 2. The number of hydrogen-bond acceptors (Lipinski definition) is 2. The summed E-state index contributed by atoms with van der Waals surface area (Å²) in [6, 6.07) is 5.48. The second-order valence-corrected chi connectivity index (χ2v) is 5.32. The van der Waals surface area contributed by atoms with Gasteiger partial charge in [-0.05, 0) is 48.0 Å². The maximum atomic E-state index is 6.06. The van der Waals surface area contributed by atoms with Crippen LogP contribution in [0.2, 0.25) is 10.2 Å². The Hall–Kier alpha value is -0.640. The van der Waals surface area contributed by atoms with Crippen LogP contribution in [0.25, 0.3) is 11.4 Å². The quantitative estimate of drug-likeness (QED) is 0.699. The van der Waals surface area contributed by atoms with Crippen molar-refractivity contribution in [1.29, 1.82) is 0 Å².